The van der Waals surface area contributed by atoms with Crippen molar-refractivity contribution >= 4 is 24.6 Å². The normalized spacial score (nSPS) is 8.89. The molecule has 1 rings (SSSR count). The molecule has 0 spiro atoms. The van der Waals surface area contributed by atoms with Crippen LogP contribution in [0.25, 0.3) is 0 Å². The van der Waals surface area contributed by atoms with E-state index in [1.807, 2.05) is 0 Å². The molecule has 1 N–H and O–H groups in total. The predicted molar refractivity (Wildman–Crippen MR) is 33.7 cm³/mol. The van der Waals surface area contributed by atoms with Crippen LogP contribution in [0.4, 0.5) is 4.79 Å². The first-order chi connectivity index (χ1) is 4.29. The van der Waals surface area contributed by atoms with Crippen molar-refractivity contribution in [3.8, 4) is 0 Å². The number of rotatable bonds is 2. The fourth-order valence-corrected chi connectivity index (χ4v) is 1.000. The monoisotopic (exact) mass is 141 g/mol. The third-order valence-electron chi connectivity index (χ3n) is 0.754. The number of thiazole rings is 1. The van der Waals surface area contributed by atoms with Crippen molar-refractivity contribution in [1.82, 2.24) is 0 Å². The van der Waals surface area contributed by atoms with Crippen LogP contribution >= 0.6 is 11.3 Å². The van der Waals surface area contributed by atoms with E-state index in [-0.39, 0.29) is 0 Å². The molecule has 0 saturated heterocycles. The zero-order chi connectivity index (χ0) is 6.69. The lowest BCUT2D eigenvalue weighted by molar-refractivity contribution is -0.520. The largest absolute Gasteiger partial charge is 0.669 e. The van der Waals surface area contributed by atoms with Crippen molar-refractivity contribution in [2.75, 3.05) is 0 Å². The summed E-state index contributed by atoms with van der Waals surface area (Å²) >= 11 is 1.45. The summed E-state index contributed by atoms with van der Waals surface area (Å²) in [4.78, 5) is 9.99. The number of carboxylic acid groups (broad SMARTS) is 1. The maximum Gasteiger partial charge on any atom is 0.669 e. The van der Waals surface area contributed by atoms with Crippen LogP contribution in [0.3, 0.4) is 0 Å². The van der Waals surface area contributed by atoms with Gasteiger partial charge in [-0.3, -0.25) is 9.27 Å². The Hall–Kier alpha value is -0.835. The van der Waals surface area contributed by atoms with Crippen LogP contribution in [-0.4, -0.2) is 18.4 Å². The SMILES string of the molecule is O=C(O)[B][n+]1ccsc1. The Balaban J connectivity index is 2.58. The Bertz CT molecular complexity index is 198. The Kier molecular flexibility index (Phi) is 1.84. The van der Waals surface area contributed by atoms with Crippen LogP contribution in [0, 0.1) is 0 Å². The van der Waals surface area contributed by atoms with E-state index in [4.69, 9.17) is 5.11 Å². The van der Waals surface area contributed by atoms with Gasteiger partial charge in [-0.2, -0.15) is 0 Å². The van der Waals surface area contributed by atoms with Crippen LogP contribution in [0.5, 0.6) is 0 Å². The summed E-state index contributed by atoms with van der Waals surface area (Å²) in [5, 5.41) is 10.0. The fraction of sp³-hybridized carbons (Fsp3) is 0. The van der Waals surface area contributed by atoms with Crippen molar-refractivity contribution in [2.24, 2.45) is 0 Å². The number of hydrogen-bond acceptors (Lipinski definition) is 2. The van der Waals surface area contributed by atoms with E-state index in [1.165, 1.54) is 15.8 Å². The minimum Gasteiger partial charge on any atom is -0.483 e. The summed E-state index contributed by atoms with van der Waals surface area (Å²) in [7, 11) is 1.09. The minimum absolute atomic E-state index is 0.932. The predicted octanol–water partition coefficient (Wildman–Crippen LogP) is 0.181. The molecule has 0 aliphatic rings. The Morgan fingerprint density at radius 1 is 1.78 bits per heavy atom. The molecule has 0 saturated carbocycles. The lowest BCUT2D eigenvalue weighted by Gasteiger charge is -1.76. The molecular weight excluding hydrogens is 137 g/mol. The average Bonchev–Trinajstić information content (AvgIpc) is 2.15. The molecule has 1 aromatic rings. The van der Waals surface area contributed by atoms with Gasteiger partial charge in [-0.25, -0.2) is 0 Å². The molecule has 1 heterocycles. The van der Waals surface area contributed by atoms with Gasteiger partial charge >= 0.3 is 13.3 Å². The van der Waals surface area contributed by atoms with E-state index in [0.717, 1.165) is 7.41 Å². The maximum absolute atomic E-state index is 9.99. The second-order valence-electron chi connectivity index (χ2n) is 1.44. The highest BCUT2D eigenvalue weighted by Crippen LogP contribution is 1.85. The Morgan fingerprint density at radius 2 is 2.56 bits per heavy atom. The molecule has 0 atom stereocenters. The van der Waals surface area contributed by atoms with E-state index in [2.05, 4.69) is 0 Å². The van der Waals surface area contributed by atoms with Crippen LogP contribution in [0.1, 0.15) is 0 Å². The van der Waals surface area contributed by atoms with Crippen molar-refractivity contribution in [3.05, 3.63) is 17.1 Å². The lowest BCUT2D eigenvalue weighted by atomic mass is 9.96. The van der Waals surface area contributed by atoms with Crippen LogP contribution < -0.4 is 4.48 Å². The van der Waals surface area contributed by atoms with Gasteiger partial charge in [-0.1, -0.05) is 11.3 Å². The number of aromatic nitrogens is 1. The fourth-order valence-electron chi connectivity index (χ4n) is 0.447. The zero-order valence-corrected chi connectivity index (χ0v) is 5.34. The first kappa shape index (κ1) is 6.29. The van der Waals surface area contributed by atoms with Crippen LogP contribution in [0.15, 0.2) is 17.1 Å². The lowest BCUT2D eigenvalue weighted by Crippen LogP contribution is -2.41. The van der Waals surface area contributed by atoms with E-state index in [0.29, 0.717) is 0 Å². The summed E-state index contributed by atoms with van der Waals surface area (Å²) in [6.45, 7) is 0. The van der Waals surface area contributed by atoms with Crippen molar-refractivity contribution in [2.45, 2.75) is 0 Å². The van der Waals surface area contributed by atoms with Gasteiger partial charge in [-0.05, 0) is 0 Å². The number of hydrogen-bond donors (Lipinski definition) is 1. The molecule has 9 heavy (non-hydrogen) atoms. The molecule has 5 heteroatoms. The van der Waals surface area contributed by atoms with E-state index in [9.17, 15) is 4.79 Å². The van der Waals surface area contributed by atoms with Gasteiger partial charge in [0.15, 0.2) is 11.7 Å². The number of carbonyl (C=O) groups is 1. The Morgan fingerprint density at radius 3 is 3.00 bits per heavy atom. The minimum atomic E-state index is -0.932. The van der Waals surface area contributed by atoms with Crippen LogP contribution in [-0.2, 0) is 0 Å². The van der Waals surface area contributed by atoms with Gasteiger partial charge in [0.05, 0.1) is 5.38 Å². The topological polar surface area (TPSA) is 41.2 Å². The number of nitrogens with zero attached hydrogens (tertiary/aromatic N) is 1. The molecule has 0 bridgehead atoms. The van der Waals surface area contributed by atoms with Gasteiger partial charge < -0.3 is 5.11 Å². The standard InChI is InChI=1S/C4H4BNO2S/c7-4(8)5-6-1-2-9-3-6/h1-3H,(H,7,8)/q+1. The van der Waals surface area contributed by atoms with Crippen LogP contribution in [0.2, 0.25) is 0 Å². The summed E-state index contributed by atoms with van der Waals surface area (Å²) in [5.41, 5.74) is 1.70. The molecular formula is C4H4BNO2S+. The van der Waals surface area contributed by atoms with Crippen molar-refractivity contribution in [3.63, 3.8) is 0 Å². The van der Waals surface area contributed by atoms with Gasteiger partial charge in [-0.15, -0.1) is 0 Å². The van der Waals surface area contributed by atoms with Gasteiger partial charge in [0.1, 0.15) is 0 Å². The maximum atomic E-state index is 9.99. The van der Waals surface area contributed by atoms with Crippen molar-refractivity contribution in [1.29, 1.82) is 0 Å². The van der Waals surface area contributed by atoms with E-state index < -0.39 is 5.87 Å². The molecule has 3 nitrogen and oxygen atoms in total. The smallest absolute Gasteiger partial charge is 0.483 e. The second-order valence-corrected chi connectivity index (χ2v) is 2.20. The molecule has 0 unspecified atom stereocenters. The van der Waals surface area contributed by atoms with E-state index >= 15 is 0 Å². The quantitative estimate of drug-likeness (QED) is 0.596. The second kappa shape index (κ2) is 2.64. The third-order valence-corrected chi connectivity index (χ3v) is 1.40. The molecule has 0 aromatic carbocycles. The molecule has 0 fully saturated rings. The summed E-state index contributed by atoms with van der Waals surface area (Å²) in [6, 6.07) is 0. The molecule has 1 aromatic heterocycles. The molecule has 0 aliphatic carbocycles. The Labute approximate surface area is 56.8 Å². The highest BCUT2D eigenvalue weighted by Gasteiger charge is 2.15. The molecule has 0 aliphatic heterocycles. The summed E-state index contributed by atoms with van der Waals surface area (Å²) < 4.78 is 1.49. The van der Waals surface area contributed by atoms with E-state index in [1.54, 1.807) is 17.1 Å². The molecule has 45 valence electrons. The first-order valence-electron chi connectivity index (χ1n) is 2.30. The molecule has 1 radical (unpaired) electrons. The highest BCUT2D eigenvalue weighted by molar-refractivity contribution is 7.07. The third kappa shape index (κ3) is 1.85. The summed E-state index contributed by atoms with van der Waals surface area (Å²) in [6.07, 6.45) is 1.68. The summed E-state index contributed by atoms with van der Waals surface area (Å²) in [5.74, 6) is -0.932. The first-order valence-corrected chi connectivity index (χ1v) is 3.24. The van der Waals surface area contributed by atoms with Crippen molar-refractivity contribution < 1.29 is 14.4 Å². The van der Waals surface area contributed by atoms with Gasteiger partial charge in [0.25, 0.3) is 0 Å². The average molecular weight is 141 g/mol. The highest BCUT2D eigenvalue weighted by atomic mass is 32.1. The molecule has 0 amide bonds. The van der Waals surface area contributed by atoms with Gasteiger partial charge in [0, 0.05) is 0 Å². The van der Waals surface area contributed by atoms with Gasteiger partial charge in [0.2, 0.25) is 0 Å². The zero-order valence-electron chi connectivity index (χ0n) is 4.52.